The highest BCUT2D eigenvalue weighted by Crippen LogP contribution is 2.40. The summed E-state index contributed by atoms with van der Waals surface area (Å²) < 4.78 is 31.1. The number of ether oxygens (including phenoxy) is 4. The number of carbonyl (C=O) groups is 1. The molecule has 6 rings (SSSR count). The van der Waals surface area contributed by atoms with E-state index in [2.05, 4.69) is 179 Å². The second-order valence-corrected chi connectivity index (χ2v) is 21.8. The van der Waals surface area contributed by atoms with Gasteiger partial charge in [-0.05, 0) is 119 Å². The molecule has 1 unspecified atom stereocenters. The average molecular weight is 869 g/mol. The van der Waals surface area contributed by atoms with Gasteiger partial charge in [-0.2, -0.15) is 0 Å². The van der Waals surface area contributed by atoms with Crippen LogP contribution in [0.15, 0.2) is 84.9 Å². The Morgan fingerprint density at radius 3 is 1.45 bits per heavy atom. The second-order valence-electron chi connectivity index (χ2n) is 21.8. The summed E-state index contributed by atoms with van der Waals surface area (Å²) in [5.41, 5.74) is 10.5. The number of benzene rings is 4. The summed E-state index contributed by atoms with van der Waals surface area (Å²) in [6.07, 6.45) is 2.69. The molecule has 344 valence electrons. The van der Waals surface area contributed by atoms with Crippen LogP contribution in [0.2, 0.25) is 0 Å². The van der Waals surface area contributed by atoms with Crippen LogP contribution in [-0.2, 0) is 41.2 Å². The number of hydrogen-bond donors (Lipinski definition) is 0. The summed E-state index contributed by atoms with van der Waals surface area (Å²) in [7, 11) is 4.25. The molecule has 0 aliphatic carbocycles. The predicted octanol–water partition coefficient (Wildman–Crippen LogP) is 14.2. The average Bonchev–Trinajstić information content (AvgIpc) is 3.70. The van der Waals surface area contributed by atoms with Gasteiger partial charge in [0.1, 0.15) is 36.4 Å². The Balaban J connectivity index is 1.25. The van der Waals surface area contributed by atoms with Crippen molar-refractivity contribution in [1.82, 2.24) is 9.13 Å². The van der Waals surface area contributed by atoms with Gasteiger partial charge in [0.15, 0.2) is 0 Å². The maximum atomic E-state index is 13.9. The molecule has 7 nitrogen and oxygen atoms in total. The normalized spacial score (nSPS) is 13.3. The van der Waals surface area contributed by atoms with Crippen LogP contribution in [0.3, 0.4) is 0 Å². The van der Waals surface area contributed by atoms with Gasteiger partial charge < -0.3 is 28.1 Å². The van der Waals surface area contributed by atoms with Crippen LogP contribution in [0.4, 0.5) is 0 Å². The van der Waals surface area contributed by atoms with Crippen LogP contribution >= 0.6 is 0 Å². The molecule has 0 N–H and O–H groups in total. The molecule has 2 heterocycles. The summed E-state index contributed by atoms with van der Waals surface area (Å²) in [6.45, 7) is 30.2. The highest BCUT2D eigenvalue weighted by molar-refractivity contribution is 5.89. The lowest BCUT2D eigenvalue weighted by molar-refractivity contribution is -0.178. The number of fused-ring (bicyclic) bond motifs is 2. The lowest BCUT2D eigenvalue weighted by atomic mass is 9.72. The lowest BCUT2D eigenvalue weighted by Gasteiger charge is -2.40. The van der Waals surface area contributed by atoms with E-state index in [4.69, 9.17) is 18.9 Å². The number of hydrogen-bond acceptors (Lipinski definition) is 5. The van der Waals surface area contributed by atoms with Crippen LogP contribution in [0.25, 0.3) is 44.3 Å². The van der Waals surface area contributed by atoms with E-state index < -0.39 is 17.3 Å². The van der Waals surface area contributed by atoms with Gasteiger partial charge in [-0.25, -0.2) is 0 Å². The molecule has 0 aliphatic rings. The first-order valence-corrected chi connectivity index (χ1v) is 23.4. The van der Waals surface area contributed by atoms with E-state index in [1.165, 1.54) is 44.8 Å². The van der Waals surface area contributed by atoms with Gasteiger partial charge in [-0.3, -0.25) is 4.79 Å². The number of esters is 1. The van der Waals surface area contributed by atoms with E-state index >= 15 is 0 Å². The van der Waals surface area contributed by atoms with Crippen molar-refractivity contribution in [3.63, 3.8) is 0 Å². The highest BCUT2D eigenvalue weighted by atomic mass is 16.6. The van der Waals surface area contributed by atoms with Gasteiger partial charge in [-0.1, -0.05) is 103 Å². The lowest BCUT2D eigenvalue weighted by Crippen LogP contribution is -2.45. The van der Waals surface area contributed by atoms with Crippen LogP contribution in [0.5, 0.6) is 11.5 Å². The summed E-state index contributed by atoms with van der Waals surface area (Å²) in [4.78, 5) is 13.9. The first kappa shape index (κ1) is 48.4. The maximum absolute atomic E-state index is 13.9. The molecule has 7 heteroatoms. The Bertz CT molecular complexity index is 2450. The Morgan fingerprint density at radius 2 is 1.05 bits per heavy atom. The van der Waals surface area contributed by atoms with E-state index in [-0.39, 0.29) is 35.9 Å². The summed E-state index contributed by atoms with van der Waals surface area (Å²) in [5, 5.41) is 2.32. The minimum atomic E-state index is -0.789. The van der Waals surface area contributed by atoms with Gasteiger partial charge in [-0.15, -0.1) is 0 Å². The first-order valence-electron chi connectivity index (χ1n) is 23.4. The largest absolute Gasteiger partial charge is 0.491 e. The molecule has 0 saturated carbocycles. The van der Waals surface area contributed by atoms with Gasteiger partial charge in [0.2, 0.25) is 0 Å². The molecule has 4 aromatic carbocycles. The molecule has 0 bridgehead atoms. The quantitative estimate of drug-likeness (QED) is 0.0855. The molecule has 0 aliphatic heterocycles. The Hall–Kier alpha value is -5.01. The van der Waals surface area contributed by atoms with Crippen molar-refractivity contribution < 1.29 is 23.7 Å². The van der Waals surface area contributed by atoms with Gasteiger partial charge in [0.25, 0.3) is 0 Å². The molecule has 0 spiro atoms. The molecular weight excluding hydrogens is 793 g/mol. The zero-order chi connectivity index (χ0) is 46.9. The monoisotopic (exact) mass is 869 g/mol. The highest BCUT2D eigenvalue weighted by Gasteiger charge is 2.41. The number of aryl methyl sites for hydroxylation is 6. The van der Waals surface area contributed by atoms with E-state index in [0.29, 0.717) is 6.42 Å². The van der Waals surface area contributed by atoms with E-state index in [1.807, 2.05) is 26.0 Å². The molecule has 0 radical (unpaired) electrons. The van der Waals surface area contributed by atoms with Gasteiger partial charge >= 0.3 is 5.97 Å². The van der Waals surface area contributed by atoms with Crippen molar-refractivity contribution in [1.29, 1.82) is 0 Å². The third-order valence-electron chi connectivity index (χ3n) is 12.6. The van der Waals surface area contributed by atoms with E-state index in [0.717, 1.165) is 52.6 Å². The Labute approximate surface area is 384 Å². The van der Waals surface area contributed by atoms with Crippen molar-refractivity contribution in [3.05, 3.63) is 107 Å². The van der Waals surface area contributed by atoms with Crippen LogP contribution in [0.1, 0.15) is 118 Å². The minimum absolute atomic E-state index is 0.0177. The molecule has 0 fully saturated rings. The molecule has 0 amide bonds. The Morgan fingerprint density at radius 1 is 0.594 bits per heavy atom. The van der Waals surface area contributed by atoms with E-state index in [1.54, 1.807) is 0 Å². The number of aromatic nitrogens is 2. The van der Waals surface area contributed by atoms with Crippen molar-refractivity contribution in [2.24, 2.45) is 30.8 Å². The fourth-order valence-corrected chi connectivity index (χ4v) is 9.59. The third kappa shape index (κ3) is 11.6. The summed E-state index contributed by atoms with van der Waals surface area (Å²) in [6, 6.07) is 30.5. The van der Waals surface area contributed by atoms with Crippen molar-refractivity contribution in [2.75, 3.05) is 13.2 Å². The molecule has 64 heavy (non-hydrogen) atoms. The van der Waals surface area contributed by atoms with E-state index in [9.17, 15) is 4.79 Å². The van der Waals surface area contributed by atoms with Crippen molar-refractivity contribution in [3.8, 4) is 34.0 Å². The van der Waals surface area contributed by atoms with Gasteiger partial charge in [0.05, 0.1) is 22.6 Å². The second kappa shape index (κ2) is 18.8. The SMILES string of the molecule is CCc1cc(C)ccc1-c1cc2ccc(OCC(COc3ccc4cc(-c5ccc(C)cc5CC)n(C)c4c3)OC(C)(C)CC(C)(C)OC(=O)C(CC(C)(C)C)C(C)(C)C)cc2n1C. The van der Waals surface area contributed by atoms with Gasteiger partial charge in [0, 0.05) is 65.9 Å². The fourth-order valence-electron chi connectivity index (χ4n) is 9.59. The molecule has 1 atom stereocenters. The first-order chi connectivity index (χ1) is 29.9. The molecule has 6 aromatic rings. The third-order valence-corrected chi connectivity index (χ3v) is 12.6. The summed E-state index contributed by atoms with van der Waals surface area (Å²) in [5.74, 6) is 1.11. The minimum Gasteiger partial charge on any atom is -0.491 e. The smallest absolute Gasteiger partial charge is 0.310 e. The maximum Gasteiger partial charge on any atom is 0.310 e. The Kier molecular flexibility index (Phi) is 14.3. The van der Waals surface area contributed by atoms with Crippen LogP contribution in [0, 0.1) is 30.6 Å². The van der Waals surface area contributed by atoms with Crippen LogP contribution in [-0.4, -0.2) is 45.6 Å². The van der Waals surface area contributed by atoms with Crippen LogP contribution < -0.4 is 9.47 Å². The topological polar surface area (TPSA) is 63.9 Å². The zero-order valence-electron chi connectivity index (χ0n) is 41.9. The standard InChI is InChI=1S/C57H76N2O5/c1-17-39-27-37(3)19-25-46(39)51-29-41-21-23-43(31-49(41)58(51)15)61-34-45(63-56(11,12)36-57(13,14)64-53(60)48(55(8,9)10)33-54(5,6)7)35-62-44-24-22-42-30-52(59(16)50(42)32-44)47-26-20-38(4)28-40(47)18-2/h19-32,45,48H,17-18,33-36H2,1-16H3. The number of rotatable bonds is 17. The number of carbonyl (C=O) groups excluding carboxylic acids is 1. The number of nitrogens with zero attached hydrogens (tertiary/aromatic N) is 2. The van der Waals surface area contributed by atoms with Crippen molar-refractivity contribution in [2.45, 2.75) is 140 Å². The van der Waals surface area contributed by atoms with Crippen molar-refractivity contribution >= 4 is 27.8 Å². The summed E-state index contributed by atoms with van der Waals surface area (Å²) >= 11 is 0. The molecular formula is C57H76N2O5. The zero-order valence-corrected chi connectivity index (χ0v) is 41.9. The molecule has 0 saturated heterocycles. The fraction of sp³-hybridized carbons (Fsp3) is 0.491. The molecule has 2 aromatic heterocycles. The predicted molar refractivity (Wildman–Crippen MR) is 267 cm³/mol.